The number of benzene rings is 1. The monoisotopic (exact) mass is 231 g/mol. The van der Waals surface area contributed by atoms with E-state index in [0.717, 1.165) is 18.4 Å². The van der Waals surface area contributed by atoms with Crippen molar-refractivity contribution in [1.29, 1.82) is 0 Å². The van der Waals surface area contributed by atoms with Gasteiger partial charge in [-0.05, 0) is 42.2 Å². The highest BCUT2D eigenvalue weighted by atomic mass is 14.9. The van der Waals surface area contributed by atoms with E-state index in [0.29, 0.717) is 6.04 Å². The van der Waals surface area contributed by atoms with Crippen molar-refractivity contribution in [2.24, 2.45) is 11.8 Å². The SMILES string of the molecule is CC(C)CC1NCc2ccccc2CCC1C. The quantitative estimate of drug-likeness (QED) is 0.817. The Labute approximate surface area is 106 Å². The summed E-state index contributed by atoms with van der Waals surface area (Å²) in [4.78, 5) is 0. The van der Waals surface area contributed by atoms with E-state index in [1.54, 1.807) is 0 Å². The summed E-state index contributed by atoms with van der Waals surface area (Å²) in [6, 6.07) is 9.56. The van der Waals surface area contributed by atoms with Gasteiger partial charge in [-0.15, -0.1) is 0 Å². The molecule has 1 aliphatic rings. The Morgan fingerprint density at radius 3 is 2.65 bits per heavy atom. The Morgan fingerprint density at radius 1 is 1.24 bits per heavy atom. The summed E-state index contributed by atoms with van der Waals surface area (Å²) >= 11 is 0. The molecule has 1 aliphatic heterocycles. The van der Waals surface area contributed by atoms with E-state index in [9.17, 15) is 0 Å². The van der Waals surface area contributed by atoms with E-state index in [2.05, 4.69) is 50.4 Å². The van der Waals surface area contributed by atoms with Gasteiger partial charge in [0, 0.05) is 12.6 Å². The average molecular weight is 231 g/mol. The van der Waals surface area contributed by atoms with Gasteiger partial charge < -0.3 is 5.32 Å². The standard InChI is InChI=1S/C16H25N/c1-12(2)10-16-13(3)8-9-14-6-4-5-7-15(14)11-17-16/h4-7,12-13,16-17H,8-11H2,1-3H3. The Bertz CT molecular complexity index is 356. The van der Waals surface area contributed by atoms with E-state index in [-0.39, 0.29) is 0 Å². The normalized spacial score (nSPS) is 25.2. The van der Waals surface area contributed by atoms with Crippen LogP contribution in [0, 0.1) is 11.8 Å². The molecule has 1 heteroatoms. The molecule has 0 fully saturated rings. The Morgan fingerprint density at radius 2 is 1.94 bits per heavy atom. The lowest BCUT2D eigenvalue weighted by Crippen LogP contribution is -2.37. The summed E-state index contributed by atoms with van der Waals surface area (Å²) in [5, 5.41) is 3.76. The van der Waals surface area contributed by atoms with Crippen LogP contribution in [-0.4, -0.2) is 6.04 Å². The van der Waals surface area contributed by atoms with Crippen molar-refractivity contribution >= 4 is 0 Å². The van der Waals surface area contributed by atoms with Crippen LogP contribution in [0.4, 0.5) is 0 Å². The Kier molecular flexibility index (Phi) is 4.22. The third kappa shape index (κ3) is 3.32. The van der Waals surface area contributed by atoms with E-state index in [4.69, 9.17) is 0 Å². The molecule has 0 radical (unpaired) electrons. The van der Waals surface area contributed by atoms with E-state index in [1.807, 2.05) is 0 Å². The van der Waals surface area contributed by atoms with Crippen LogP contribution in [0.15, 0.2) is 24.3 Å². The van der Waals surface area contributed by atoms with Gasteiger partial charge in [0.25, 0.3) is 0 Å². The molecule has 0 amide bonds. The fraction of sp³-hybridized carbons (Fsp3) is 0.625. The van der Waals surface area contributed by atoms with Crippen LogP contribution in [0.2, 0.25) is 0 Å². The highest BCUT2D eigenvalue weighted by Gasteiger charge is 2.20. The van der Waals surface area contributed by atoms with Gasteiger partial charge in [0.15, 0.2) is 0 Å². The van der Waals surface area contributed by atoms with Crippen LogP contribution in [0.25, 0.3) is 0 Å². The minimum atomic E-state index is 0.684. The van der Waals surface area contributed by atoms with Crippen molar-refractivity contribution in [1.82, 2.24) is 5.32 Å². The minimum absolute atomic E-state index is 0.684. The molecule has 1 aromatic rings. The lowest BCUT2D eigenvalue weighted by atomic mass is 9.86. The molecule has 1 heterocycles. The van der Waals surface area contributed by atoms with Crippen LogP contribution in [0.3, 0.4) is 0 Å². The second-order valence-corrected chi connectivity index (χ2v) is 5.90. The highest BCUT2D eigenvalue weighted by molar-refractivity contribution is 5.27. The fourth-order valence-electron chi connectivity index (χ4n) is 2.82. The van der Waals surface area contributed by atoms with Crippen LogP contribution in [-0.2, 0) is 13.0 Å². The highest BCUT2D eigenvalue weighted by Crippen LogP contribution is 2.23. The molecule has 0 saturated carbocycles. The van der Waals surface area contributed by atoms with Crippen molar-refractivity contribution < 1.29 is 0 Å². The number of rotatable bonds is 2. The minimum Gasteiger partial charge on any atom is -0.310 e. The van der Waals surface area contributed by atoms with E-state index in [1.165, 1.54) is 30.4 Å². The smallest absolute Gasteiger partial charge is 0.0210 e. The molecule has 94 valence electrons. The summed E-state index contributed by atoms with van der Waals surface area (Å²) in [6.07, 6.45) is 3.85. The maximum atomic E-state index is 3.76. The third-order valence-electron chi connectivity index (χ3n) is 3.95. The zero-order valence-electron chi connectivity index (χ0n) is 11.4. The molecule has 0 aromatic heterocycles. The number of fused-ring (bicyclic) bond motifs is 1. The summed E-state index contributed by atoms with van der Waals surface area (Å²) in [6.45, 7) is 8.08. The first-order chi connectivity index (χ1) is 8.16. The topological polar surface area (TPSA) is 12.0 Å². The van der Waals surface area contributed by atoms with Gasteiger partial charge in [0.2, 0.25) is 0 Å². The van der Waals surface area contributed by atoms with Crippen LogP contribution >= 0.6 is 0 Å². The van der Waals surface area contributed by atoms with Gasteiger partial charge in [0.05, 0.1) is 0 Å². The molecule has 1 aromatic carbocycles. The predicted molar refractivity (Wildman–Crippen MR) is 74.0 cm³/mol. The van der Waals surface area contributed by atoms with Crippen LogP contribution < -0.4 is 5.32 Å². The maximum absolute atomic E-state index is 3.76. The first kappa shape index (κ1) is 12.6. The fourth-order valence-corrected chi connectivity index (χ4v) is 2.82. The van der Waals surface area contributed by atoms with Gasteiger partial charge in [0.1, 0.15) is 0 Å². The molecule has 2 atom stereocenters. The molecule has 2 rings (SSSR count). The van der Waals surface area contributed by atoms with Crippen molar-refractivity contribution in [3.05, 3.63) is 35.4 Å². The van der Waals surface area contributed by atoms with E-state index >= 15 is 0 Å². The van der Waals surface area contributed by atoms with Crippen molar-refractivity contribution in [3.63, 3.8) is 0 Å². The summed E-state index contributed by atoms with van der Waals surface area (Å²) in [5.74, 6) is 1.57. The van der Waals surface area contributed by atoms with Crippen molar-refractivity contribution in [2.75, 3.05) is 0 Å². The molecule has 1 nitrogen and oxygen atoms in total. The summed E-state index contributed by atoms with van der Waals surface area (Å²) in [5.41, 5.74) is 3.03. The lowest BCUT2D eigenvalue weighted by molar-refractivity contribution is 0.300. The van der Waals surface area contributed by atoms with Crippen molar-refractivity contribution in [3.8, 4) is 0 Å². The first-order valence-corrected chi connectivity index (χ1v) is 6.97. The predicted octanol–water partition coefficient (Wildman–Crippen LogP) is 3.77. The number of hydrogen-bond acceptors (Lipinski definition) is 1. The maximum Gasteiger partial charge on any atom is 0.0210 e. The van der Waals surface area contributed by atoms with Gasteiger partial charge >= 0.3 is 0 Å². The van der Waals surface area contributed by atoms with Gasteiger partial charge in [-0.2, -0.15) is 0 Å². The largest absolute Gasteiger partial charge is 0.310 e. The molecule has 0 bridgehead atoms. The Balaban J connectivity index is 2.09. The molecule has 0 saturated heterocycles. The zero-order valence-corrected chi connectivity index (χ0v) is 11.4. The van der Waals surface area contributed by atoms with Gasteiger partial charge in [-0.3, -0.25) is 0 Å². The van der Waals surface area contributed by atoms with Crippen LogP contribution in [0.1, 0.15) is 44.7 Å². The summed E-state index contributed by atoms with van der Waals surface area (Å²) < 4.78 is 0. The summed E-state index contributed by atoms with van der Waals surface area (Å²) in [7, 11) is 0. The number of hydrogen-bond donors (Lipinski definition) is 1. The number of nitrogens with one attached hydrogen (secondary N) is 1. The number of aryl methyl sites for hydroxylation is 1. The average Bonchev–Trinajstić information content (AvgIpc) is 2.30. The lowest BCUT2D eigenvalue weighted by Gasteiger charge is -2.30. The van der Waals surface area contributed by atoms with Gasteiger partial charge in [-0.25, -0.2) is 0 Å². The Hall–Kier alpha value is -0.820. The second kappa shape index (κ2) is 5.68. The molecule has 17 heavy (non-hydrogen) atoms. The molecule has 1 N–H and O–H groups in total. The zero-order chi connectivity index (χ0) is 12.3. The van der Waals surface area contributed by atoms with Gasteiger partial charge in [-0.1, -0.05) is 45.0 Å². The molecular formula is C16H25N. The first-order valence-electron chi connectivity index (χ1n) is 6.97. The third-order valence-corrected chi connectivity index (χ3v) is 3.95. The van der Waals surface area contributed by atoms with E-state index < -0.39 is 0 Å². The van der Waals surface area contributed by atoms with Crippen LogP contribution in [0.5, 0.6) is 0 Å². The second-order valence-electron chi connectivity index (χ2n) is 5.90. The molecule has 0 spiro atoms. The van der Waals surface area contributed by atoms with Crippen molar-refractivity contribution in [2.45, 2.75) is 52.6 Å². The molecular weight excluding hydrogens is 206 g/mol. The molecule has 2 unspecified atom stereocenters. The molecule has 0 aliphatic carbocycles.